The first kappa shape index (κ1) is 32.2. The Kier molecular flexibility index (Phi) is 10.5. The first-order valence-corrected chi connectivity index (χ1v) is 13.4. The van der Waals surface area contributed by atoms with Crippen LogP contribution < -0.4 is 0 Å². The monoisotopic (exact) mass is 528 g/mol. The van der Waals surface area contributed by atoms with E-state index in [1.165, 1.54) is 0 Å². The fourth-order valence-corrected chi connectivity index (χ4v) is 4.84. The molecule has 38 heavy (non-hydrogen) atoms. The largest absolute Gasteiger partial charge is 0.394 e. The maximum atomic E-state index is 11.9. The Labute approximate surface area is 228 Å². The minimum absolute atomic E-state index is 0.00328. The van der Waals surface area contributed by atoms with Gasteiger partial charge < -0.3 is 30.6 Å². The summed E-state index contributed by atoms with van der Waals surface area (Å²) >= 11 is 0. The average molecular weight is 529 g/mol. The number of allylic oxidation sites excluding steroid dienone is 1. The molecule has 1 unspecified atom stereocenters. The molecule has 212 valence electrons. The smallest absolute Gasteiger partial charge is 0.126 e. The minimum atomic E-state index is -2.38. The van der Waals surface area contributed by atoms with Crippen molar-refractivity contribution in [3.8, 4) is 0 Å². The van der Waals surface area contributed by atoms with E-state index in [9.17, 15) is 30.6 Å². The van der Waals surface area contributed by atoms with Crippen LogP contribution in [0.4, 0.5) is 0 Å². The molecule has 6 N–H and O–H groups in total. The normalized spacial score (nSPS) is 18.6. The van der Waals surface area contributed by atoms with E-state index in [-0.39, 0.29) is 30.1 Å². The Balaban J connectivity index is 2.60. The molecule has 0 aromatic heterocycles. The van der Waals surface area contributed by atoms with Gasteiger partial charge in [-0.3, -0.25) is 0 Å². The van der Waals surface area contributed by atoms with Gasteiger partial charge in [-0.05, 0) is 46.4 Å². The van der Waals surface area contributed by atoms with Gasteiger partial charge in [-0.2, -0.15) is 0 Å². The Hall–Kier alpha value is -2.06. The summed E-state index contributed by atoms with van der Waals surface area (Å²) in [6, 6.07) is 15.2. The molecule has 0 aliphatic rings. The second-order valence-electron chi connectivity index (χ2n) is 12.7. The Bertz CT molecular complexity index is 1070. The lowest BCUT2D eigenvalue weighted by molar-refractivity contribution is -0.228. The number of benzene rings is 2. The molecule has 2 aromatic carbocycles. The molecule has 5 atom stereocenters. The third-order valence-corrected chi connectivity index (χ3v) is 7.34. The zero-order valence-electron chi connectivity index (χ0n) is 24.0. The SMILES string of the molecule is C/C=C/CC(O)(Cc1cccc(C(C)(C)C)c1)[C@@H](O)[C@@](O)(Cc1cccc(C(C)(C)C)c1)[C@H](O)[C@@H](O)CO. The summed E-state index contributed by atoms with van der Waals surface area (Å²) in [5.74, 6) is 0. The van der Waals surface area contributed by atoms with Crippen LogP contribution in [-0.4, -0.2) is 66.8 Å². The Morgan fingerprint density at radius 3 is 1.66 bits per heavy atom. The zero-order valence-corrected chi connectivity index (χ0v) is 24.0. The topological polar surface area (TPSA) is 121 Å². The van der Waals surface area contributed by atoms with Gasteiger partial charge in [-0.25, -0.2) is 0 Å². The zero-order chi connectivity index (χ0) is 28.9. The minimum Gasteiger partial charge on any atom is -0.394 e. The summed E-state index contributed by atoms with van der Waals surface area (Å²) in [6.45, 7) is 13.4. The molecule has 0 radical (unpaired) electrons. The van der Waals surface area contributed by atoms with Crippen LogP contribution in [0.15, 0.2) is 60.7 Å². The lowest BCUT2D eigenvalue weighted by Gasteiger charge is -2.46. The number of aliphatic hydroxyl groups excluding tert-OH is 4. The van der Waals surface area contributed by atoms with E-state index in [0.717, 1.165) is 16.7 Å². The number of rotatable bonds is 11. The molecule has 0 amide bonds. The molecule has 6 heteroatoms. The highest BCUT2D eigenvalue weighted by Crippen LogP contribution is 2.36. The van der Waals surface area contributed by atoms with Crippen molar-refractivity contribution in [2.45, 2.75) is 108 Å². The first-order chi connectivity index (χ1) is 17.5. The fourth-order valence-electron chi connectivity index (χ4n) is 4.84. The van der Waals surface area contributed by atoms with E-state index in [2.05, 4.69) is 41.5 Å². The second kappa shape index (κ2) is 12.4. The van der Waals surface area contributed by atoms with E-state index in [4.69, 9.17) is 0 Å². The molecule has 2 rings (SSSR count). The average Bonchev–Trinajstić information content (AvgIpc) is 2.85. The van der Waals surface area contributed by atoms with Gasteiger partial charge in [0.1, 0.15) is 29.5 Å². The molecule has 0 heterocycles. The van der Waals surface area contributed by atoms with Gasteiger partial charge in [0, 0.05) is 12.8 Å². The van der Waals surface area contributed by atoms with Crippen molar-refractivity contribution in [3.05, 3.63) is 82.9 Å². The summed E-state index contributed by atoms with van der Waals surface area (Å²) < 4.78 is 0. The molecule has 6 nitrogen and oxygen atoms in total. The van der Waals surface area contributed by atoms with Crippen molar-refractivity contribution in [1.29, 1.82) is 0 Å². The van der Waals surface area contributed by atoms with Gasteiger partial charge >= 0.3 is 0 Å². The van der Waals surface area contributed by atoms with Crippen LogP contribution in [0.2, 0.25) is 0 Å². The molecule has 0 saturated carbocycles. The highest BCUT2D eigenvalue weighted by Gasteiger charge is 2.54. The summed E-state index contributed by atoms with van der Waals surface area (Å²) in [5.41, 5.74) is -1.15. The maximum Gasteiger partial charge on any atom is 0.126 e. The van der Waals surface area contributed by atoms with Crippen LogP contribution in [0, 0.1) is 0 Å². The maximum absolute atomic E-state index is 11.9. The highest BCUT2D eigenvalue weighted by atomic mass is 16.4. The Morgan fingerprint density at radius 1 is 0.763 bits per heavy atom. The number of hydrogen-bond donors (Lipinski definition) is 6. The predicted octanol–water partition coefficient (Wildman–Crippen LogP) is 3.57. The lowest BCUT2D eigenvalue weighted by atomic mass is 9.71. The van der Waals surface area contributed by atoms with Crippen molar-refractivity contribution in [2.75, 3.05) is 6.61 Å². The molecule has 0 spiro atoms. The van der Waals surface area contributed by atoms with Crippen molar-refractivity contribution in [2.24, 2.45) is 0 Å². The Morgan fingerprint density at radius 2 is 1.24 bits per heavy atom. The highest BCUT2D eigenvalue weighted by molar-refractivity contribution is 5.32. The summed E-state index contributed by atoms with van der Waals surface area (Å²) in [5, 5.41) is 66.6. The van der Waals surface area contributed by atoms with Gasteiger partial charge in [0.15, 0.2) is 0 Å². The van der Waals surface area contributed by atoms with Crippen LogP contribution in [-0.2, 0) is 23.7 Å². The molecule has 0 fully saturated rings. The van der Waals surface area contributed by atoms with Crippen LogP contribution in [0.5, 0.6) is 0 Å². The van der Waals surface area contributed by atoms with E-state index in [1.807, 2.05) is 42.5 Å². The summed E-state index contributed by atoms with van der Waals surface area (Å²) in [6.07, 6.45) is -2.35. The van der Waals surface area contributed by atoms with Crippen molar-refractivity contribution in [3.63, 3.8) is 0 Å². The van der Waals surface area contributed by atoms with Gasteiger partial charge in [-0.15, -0.1) is 0 Å². The van der Waals surface area contributed by atoms with Crippen molar-refractivity contribution in [1.82, 2.24) is 0 Å². The summed E-state index contributed by atoms with van der Waals surface area (Å²) in [4.78, 5) is 0. The predicted molar refractivity (Wildman–Crippen MR) is 152 cm³/mol. The molecule has 2 aromatic rings. The third kappa shape index (κ3) is 7.75. The number of hydrogen-bond acceptors (Lipinski definition) is 6. The van der Waals surface area contributed by atoms with Gasteiger partial charge in [0.2, 0.25) is 0 Å². The quantitative estimate of drug-likeness (QED) is 0.248. The molecule has 0 aliphatic heterocycles. The first-order valence-electron chi connectivity index (χ1n) is 13.4. The van der Waals surface area contributed by atoms with Crippen LogP contribution in [0.3, 0.4) is 0 Å². The van der Waals surface area contributed by atoms with Crippen molar-refractivity contribution >= 4 is 0 Å². The molecular weight excluding hydrogens is 480 g/mol. The van der Waals surface area contributed by atoms with Gasteiger partial charge in [-0.1, -0.05) is 102 Å². The third-order valence-electron chi connectivity index (χ3n) is 7.34. The lowest BCUT2D eigenvalue weighted by Crippen LogP contribution is -2.66. The van der Waals surface area contributed by atoms with Crippen LogP contribution in [0.1, 0.15) is 77.1 Å². The molecule has 0 bridgehead atoms. The number of aliphatic hydroxyl groups is 6. The van der Waals surface area contributed by atoms with E-state index >= 15 is 0 Å². The second-order valence-corrected chi connectivity index (χ2v) is 12.7. The molecular formula is C32H48O6. The summed E-state index contributed by atoms with van der Waals surface area (Å²) in [7, 11) is 0. The van der Waals surface area contributed by atoms with E-state index in [1.54, 1.807) is 25.1 Å². The van der Waals surface area contributed by atoms with Crippen LogP contribution in [0.25, 0.3) is 0 Å². The van der Waals surface area contributed by atoms with Gasteiger partial charge in [0.25, 0.3) is 0 Å². The van der Waals surface area contributed by atoms with Crippen molar-refractivity contribution < 1.29 is 30.6 Å². The van der Waals surface area contributed by atoms with E-state index < -0.39 is 36.1 Å². The standard InChI is InChI=1S/C32H48O6/c1-8-9-16-31(37,19-22-12-10-14-24(17-22)29(2,3)4)28(36)32(38,27(35)26(34)21-33)20-23-13-11-15-25(18-23)30(5,6)7/h8-15,17-18,26-28,33-38H,16,19-21H2,1-7H3/b9-8+/t26-,27+,28+,31?,32+/m0/s1. The molecule has 0 saturated heterocycles. The molecule has 0 aliphatic carbocycles. The van der Waals surface area contributed by atoms with Crippen LogP contribution >= 0.6 is 0 Å². The fraction of sp³-hybridized carbons (Fsp3) is 0.562. The van der Waals surface area contributed by atoms with E-state index in [0.29, 0.717) is 5.56 Å². The van der Waals surface area contributed by atoms with Gasteiger partial charge in [0.05, 0.1) is 6.61 Å².